The molecule has 0 aliphatic rings. The molecule has 0 bridgehead atoms. The molecule has 5 heteroatoms. The molecule has 0 aliphatic carbocycles. The van der Waals surface area contributed by atoms with E-state index in [1.165, 1.54) is 6.07 Å². The summed E-state index contributed by atoms with van der Waals surface area (Å²) in [5, 5.41) is 0. The Morgan fingerprint density at radius 3 is 2.32 bits per heavy atom. The van der Waals surface area contributed by atoms with Gasteiger partial charge < -0.3 is 5.73 Å². The Hall–Kier alpha value is -1.59. The van der Waals surface area contributed by atoms with Crippen molar-refractivity contribution in [3.05, 3.63) is 65.2 Å². The highest BCUT2D eigenvalue weighted by Gasteiger charge is 2.10. The van der Waals surface area contributed by atoms with Gasteiger partial charge in [-0.25, -0.2) is 8.78 Å². The lowest BCUT2D eigenvalue weighted by Gasteiger charge is -2.07. The predicted octanol–water partition coefficient (Wildman–Crippen LogP) is 2.73. The zero-order valence-corrected chi connectivity index (χ0v) is 10.9. The number of benzene rings is 2. The Labute approximate surface area is 112 Å². The van der Waals surface area contributed by atoms with Gasteiger partial charge in [-0.3, -0.25) is 4.21 Å². The van der Waals surface area contributed by atoms with Crippen LogP contribution in [0, 0.1) is 11.6 Å². The van der Waals surface area contributed by atoms with Gasteiger partial charge in [-0.15, -0.1) is 0 Å². The fourth-order valence-corrected chi connectivity index (χ4v) is 2.93. The van der Waals surface area contributed by atoms with Crippen LogP contribution in [-0.4, -0.2) is 4.21 Å². The first-order valence-electron chi connectivity index (χ1n) is 5.72. The minimum atomic E-state index is -1.43. The van der Waals surface area contributed by atoms with Crippen LogP contribution in [0.4, 0.5) is 8.78 Å². The van der Waals surface area contributed by atoms with Crippen LogP contribution in [0.1, 0.15) is 11.1 Å². The summed E-state index contributed by atoms with van der Waals surface area (Å²) in [4.78, 5) is 0.269. The Morgan fingerprint density at radius 1 is 1.00 bits per heavy atom. The lowest BCUT2D eigenvalue weighted by atomic mass is 10.1. The molecule has 0 radical (unpaired) electrons. The topological polar surface area (TPSA) is 43.1 Å². The molecule has 0 spiro atoms. The van der Waals surface area contributed by atoms with Crippen molar-refractivity contribution in [2.75, 3.05) is 0 Å². The second-order valence-corrected chi connectivity index (χ2v) is 5.49. The molecule has 0 saturated carbocycles. The Kier molecular flexibility index (Phi) is 4.39. The number of nitrogens with two attached hydrogens (primary N) is 1. The van der Waals surface area contributed by atoms with Crippen LogP contribution in [0.3, 0.4) is 0 Å². The fraction of sp³-hybridized carbons (Fsp3) is 0.143. The zero-order chi connectivity index (χ0) is 13.8. The molecule has 0 saturated heterocycles. The standard InChI is InChI=1S/C14H13F2NOS/c15-13-6-5-12(7-14(13)16)19(18)9-11-4-2-1-3-10(11)8-17/h1-7H,8-9,17H2. The van der Waals surface area contributed by atoms with Gasteiger partial charge in [0.1, 0.15) is 0 Å². The third-order valence-electron chi connectivity index (χ3n) is 2.78. The largest absolute Gasteiger partial charge is 0.326 e. The van der Waals surface area contributed by atoms with E-state index in [4.69, 9.17) is 5.73 Å². The van der Waals surface area contributed by atoms with Gasteiger partial charge in [0.2, 0.25) is 0 Å². The molecular weight excluding hydrogens is 268 g/mol. The molecule has 1 unspecified atom stereocenters. The minimum Gasteiger partial charge on any atom is -0.326 e. The number of hydrogen-bond acceptors (Lipinski definition) is 2. The first-order chi connectivity index (χ1) is 9.11. The molecule has 0 aromatic heterocycles. The summed E-state index contributed by atoms with van der Waals surface area (Å²) in [5.74, 6) is -1.69. The number of hydrogen-bond donors (Lipinski definition) is 1. The van der Waals surface area contributed by atoms with Gasteiger partial charge in [-0.1, -0.05) is 24.3 Å². The minimum absolute atomic E-state index is 0.235. The molecular formula is C14H13F2NOS. The van der Waals surface area contributed by atoms with Crippen molar-refractivity contribution >= 4 is 10.8 Å². The van der Waals surface area contributed by atoms with Gasteiger partial charge in [-0.2, -0.15) is 0 Å². The molecule has 2 aromatic rings. The fourth-order valence-electron chi connectivity index (χ4n) is 1.74. The summed E-state index contributed by atoms with van der Waals surface area (Å²) in [5.41, 5.74) is 7.36. The van der Waals surface area contributed by atoms with Crippen molar-refractivity contribution in [1.82, 2.24) is 0 Å². The maximum absolute atomic E-state index is 13.1. The second-order valence-electron chi connectivity index (χ2n) is 4.04. The van der Waals surface area contributed by atoms with E-state index in [1.807, 2.05) is 24.3 Å². The van der Waals surface area contributed by atoms with Crippen molar-refractivity contribution in [3.8, 4) is 0 Å². The highest BCUT2D eigenvalue weighted by Crippen LogP contribution is 2.17. The van der Waals surface area contributed by atoms with E-state index in [0.29, 0.717) is 6.54 Å². The van der Waals surface area contributed by atoms with Crippen LogP contribution in [0.5, 0.6) is 0 Å². The summed E-state index contributed by atoms with van der Waals surface area (Å²) in [6.07, 6.45) is 0. The Morgan fingerprint density at radius 2 is 1.68 bits per heavy atom. The SMILES string of the molecule is NCc1ccccc1CS(=O)c1ccc(F)c(F)c1. The van der Waals surface area contributed by atoms with Crippen molar-refractivity contribution < 1.29 is 13.0 Å². The normalized spacial score (nSPS) is 12.4. The molecule has 2 nitrogen and oxygen atoms in total. The molecule has 0 fully saturated rings. The molecule has 100 valence electrons. The molecule has 0 amide bonds. The van der Waals surface area contributed by atoms with E-state index >= 15 is 0 Å². The van der Waals surface area contributed by atoms with Crippen LogP contribution in [0.25, 0.3) is 0 Å². The molecule has 1 atom stereocenters. The van der Waals surface area contributed by atoms with Gasteiger partial charge >= 0.3 is 0 Å². The summed E-state index contributed by atoms with van der Waals surface area (Å²) in [6, 6.07) is 10.7. The van der Waals surface area contributed by atoms with Crippen LogP contribution in [0.15, 0.2) is 47.4 Å². The number of rotatable bonds is 4. The zero-order valence-electron chi connectivity index (χ0n) is 10.1. The van der Waals surface area contributed by atoms with Gasteiger partial charge in [0.25, 0.3) is 0 Å². The van der Waals surface area contributed by atoms with E-state index in [2.05, 4.69) is 0 Å². The van der Waals surface area contributed by atoms with Crippen LogP contribution < -0.4 is 5.73 Å². The van der Waals surface area contributed by atoms with Gasteiger partial charge in [0.15, 0.2) is 11.6 Å². The Bertz CT molecular complexity index is 616. The first-order valence-corrected chi connectivity index (χ1v) is 7.04. The van der Waals surface area contributed by atoms with E-state index in [-0.39, 0.29) is 10.6 Å². The maximum atomic E-state index is 13.1. The quantitative estimate of drug-likeness (QED) is 0.936. The van der Waals surface area contributed by atoms with Gasteiger partial charge in [-0.05, 0) is 29.3 Å². The van der Waals surface area contributed by atoms with Gasteiger partial charge in [0, 0.05) is 11.4 Å². The van der Waals surface area contributed by atoms with E-state index in [0.717, 1.165) is 23.3 Å². The van der Waals surface area contributed by atoms with E-state index in [1.54, 1.807) is 0 Å². The van der Waals surface area contributed by atoms with Crippen LogP contribution in [0.2, 0.25) is 0 Å². The average Bonchev–Trinajstić information content (AvgIpc) is 2.42. The summed E-state index contributed by atoms with van der Waals surface area (Å²) in [7, 11) is -1.43. The van der Waals surface area contributed by atoms with Crippen molar-refractivity contribution in [1.29, 1.82) is 0 Å². The molecule has 0 heterocycles. The highest BCUT2D eigenvalue weighted by molar-refractivity contribution is 7.84. The number of halogens is 2. The van der Waals surface area contributed by atoms with E-state index in [9.17, 15) is 13.0 Å². The van der Waals surface area contributed by atoms with Crippen LogP contribution >= 0.6 is 0 Å². The summed E-state index contributed by atoms with van der Waals surface area (Å²) >= 11 is 0. The lowest BCUT2D eigenvalue weighted by molar-refractivity contribution is 0.505. The highest BCUT2D eigenvalue weighted by atomic mass is 32.2. The maximum Gasteiger partial charge on any atom is 0.160 e. The predicted molar refractivity (Wildman–Crippen MR) is 70.8 cm³/mol. The van der Waals surface area contributed by atoms with Gasteiger partial charge in [0.05, 0.1) is 16.6 Å². The van der Waals surface area contributed by atoms with E-state index < -0.39 is 22.4 Å². The molecule has 2 N–H and O–H groups in total. The van der Waals surface area contributed by atoms with Crippen LogP contribution in [-0.2, 0) is 23.1 Å². The Balaban J connectivity index is 2.23. The van der Waals surface area contributed by atoms with Crippen molar-refractivity contribution in [2.45, 2.75) is 17.2 Å². The third-order valence-corrected chi connectivity index (χ3v) is 4.13. The van der Waals surface area contributed by atoms with Crippen molar-refractivity contribution in [3.63, 3.8) is 0 Å². The first kappa shape index (κ1) is 13.8. The molecule has 2 rings (SSSR count). The summed E-state index contributed by atoms with van der Waals surface area (Å²) in [6.45, 7) is 0.352. The smallest absolute Gasteiger partial charge is 0.160 e. The molecule has 19 heavy (non-hydrogen) atoms. The third kappa shape index (κ3) is 3.24. The monoisotopic (exact) mass is 281 g/mol. The molecule has 0 aliphatic heterocycles. The average molecular weight is 281 g/mol. The second kappa shape index (κ2) is 6.04. The summed E-state index contributed by atoms with van der Waals surface area (Å²) < 4.78 is 38.0. The molecule has 2 aromatic carbocycles. The lowest BCUT2D eigenvalue weighted by Crippen LogP contribution is -2.04. The van der Waals surface area contributed by atoms with Crippen molar-refractivity contribution in [2.24, 2.45) is 5.73 Å².